The van der Waals surface area contributed by atoms with E-state index >= 15 is 0 Å². The van der Waals surface area contributed by atoms with Gasteiger partial charge < -0.3 is 134 Å². The number of likely N-dealkylation sites (tertiary alicyclic amines) is 11. The molecule has 0 saturated carbocycles. The molecule has 18 aliphatic heterocycles. The lowest BCUT2D eigenvalue weighted by atomic mass is 9.98. The van der Waals surface area contributed by atoms with Crippen molar-refractivity contribution in [2.45, 2.75) is 195 Å². The van der Waals surface area contributed by atoms with Gasteiger partial charge in [-0.3, -0.25) is 43.2 Å². The summed E-state index contributed by atoms with van der Waals surface area (Å²) in [5.41, 5.74) is 0. The Morgan fingerprint density at radius 2 is 0.452 bits per heavy atom. The molecule has 0 spiro atoms. The van der Waals surface area contributed by atoms with Gasteiger partial charge in [0, 0.05) is 189 Å². The van der Waals surface area contributed by atoms with E-state index in [1.165, 1.54) is 0 Å². The first-order valence-electron chi connectivity index (χ1n) is 53.0. The summed E-state index contributed by atoms with van der Waals surface area (Å²) < 4.78 is 48.7. The Labute approximate surface area is 808 Å². The zero-order chi connectivity index (χ0) is 96.4. The van der Waals surface area contributed by atoms with Gasteiger partial charge in [0.25, 0.3) is 0 Å². The van der Waals surface area contributed by atoms with Gasteiger partial charge in [-0.1, -0.05) is 62.3 Å². The molecule has 36 heteroatoms. The largest absolute Gasteiger partial charge is 0.465 e. The number of nitrogens with zero attached hydrogens (tertiary/aromatic N) is 11. The highest BCUT2D eigenvalue weighted by molar-refractivity contribution is 5.77. The second kappa shape index (κ2) is 60.7. The predicted octanol–water partition coefficient (Wildman–Crippen LogP) is 1.72. The number of rotatable bonds is 29. The van der Waals surface area contributed by atoms with Crippen molar-refractivity contribution in [3.8, 4) is 0 Å². The lowest BCUT2D eigenvalue weighted by molar-refractivity contribution is -0.162. The minimum absolute atomic E-state index is 0.00148. The van der Waals surface area contributed by atoms with E-state index in [0.717, 1.165) is 384 Å². The molecule has 0 bridgehead atoms. The van der Waals surface area contributed by atoms with Gasteiger partial charge >= 0.3 is 53.7 Å². The molecular formula is C99H180N18O18. The monoisotopic (exact) mass is 1910 g/mol. The van der Waals surface area contributed by atoms with Crippen molar-refractivity contribution in [2.75, 3.05) is 322 Å². The first-order valence-corrected chi connectivity index (χ1v) is 53.0. The average molecular weight is 1910 g/mol. The quantitative estimate of drug-likeness (QED) is 0.0414. The van der Waals surface area contributed by atoms with Crippen LogP contribution in [0.15, 0.2) is 0 Å². The number of hydrogen-bond acceptors (Lipinski definition) is 36. The minimum Gasteiger partial charge on any atom is -0.465 e. The molecule has 18 fully saturated rings. The third kappa shape index (κ3) is 38.7. The van der Waals surface area contributed by atoms with Crippen LogP contribution in [0.2, 0.25) is 0 Å². The van der Waals surface area contributed by atoms with Gasteiger partial charge in [0.15, 0.2) is 0 Å². The number of hydrogen-bond donors (Lipinski definition) is 7. The van der Waals surface area contributed by atoms with E-state index in [2.05, 4.69) is 168 Å². The third-order valence-electron chi connectivity index (χ3n) is 30.0. The Hall–Kier alpha value is -5.49. The van der Waals surface area contributed by atoms with Gasteiger partial charge in [0.2, 0.25) is 0 Å². The minimum atomic E-state index is -0.00352. The summed E-state index contributed by atoms with van der Waals surface area (Å²) in [4.78, 5) is 131. The van der Waals surface area contributed by atoms with Crippen molar-refractivity contribution in [3.05, 3.63) is 0 Å². The molecule has 0 aromatic heterocycles. The summed E-state index contributed by atoms with van der Waals surface area (Å²) in [6, 6.07) is 0. The molecule has 18 heterocycles. The van der Waals surface area contributed by atoms with Crippen LogP contribution >= 0.6 is 0 Å². The van der Waals surface area contributed by atoms with Gasteiger partial charge in [-0.15, -0.1) is 0 Å². The number of carbonyl (C=O) groups is 9. The number of nitrogens with one attached hydrogen (secondary N) is 7. The molecule has 0 aromatic carbocycles. The smallest absolute Gasteiger partial charge is 0.311 e. The number of esters is 9. The maximum atomic E-state index is 12.1. The molecule has 0 radical (unpaired) electrons. The summed E-state index contributed by atoms with van der Waals surface area (Å²) in [5.74, 6) is 2.35. The molecule has 18 rings (SSSR count). The lowest BCUT2D eigenvalue weighted by Gasteiger charge is -2.38. The molecule has 0 aliphatic carbocycles. The van der Waals surface area contributed by atoms with Gasteiger partial charge in [0.1, 0.15) is 42.7 Å². The Morgan fingerprint density at radius 1 is 0.215 bits per heavy atom. The molecule has 36 nitrogen and oxygen atoms in total. The van der Waals surface area contributed by atoms with E-state index in [1.807, 2.05) is 0 Å². The summed E-state index contributed by atoms with van der Waals surface area (Å²) in [5, 5.41) is 22.2. The van der Waals surface area contributed by atoms with E-state index in [4.69, 9.17) is 42.6 Å². The van der Waals surface area contributed by atoms with E-state index in [9.17, 15) is 43.2 Å². The van der Waals surface area contributed by atoms with E-state index in [-0.39, 0.29) is 150 Å². The second-order valence-corrected chi connectivity index (χ2v) is 40.6. The summed E-state index contributed by atoms with van der Waals surface area (Å²) in [7, 11) is 4.15. The van der Waals surface area contributed by atoms with Crippen molar-refractivity contribution in [2.24, 2.45) is 65.1 Å². The molecule has 18 aliphatic rings. The maximum Gasteiger partial charge on any atom is 0.311 e. The van der Waals surface area contributed by atoms with E-state index in [0.29, 0.717) is 25.0 Å². The van der Waals surface area contributed by atoms with Crippen LogP contribution in [0.4, 0.5) is 0 Å². The highest BCUT2D eigenvalue weighted by Crippen LogP contribution is 2.28. The molecule has 7 N–H and O–H groups in total. The molecule has 774 valence electrons. The first-order chi connectivity index (χ1) is 65.4. The summed E-state index contributed by atoms with van der Waals surface area (Å²) in [6.07, 6.45) is 15.1. The summed E-state index contributed by atoms with van der Waals surface area (Å²) in [6.45, 7) is 63.5. The molecule has 0 amide bonds. The van der Waals surface area contributed by atoms with Crippen molar-refractivity contribution in [1.82, 2.24) is 91.1 Å². The molecule has 18 saturated heterocycles. The second-order valence-electron chi connectivity index (χ2n) is 40.6. The van der Waals surface area contributed by atoms with Crippen LogP contribution in [0.1, 0.15) is 152 Å². The zero-order valence-corrected chi connectivity index (χ0v) is 84.8. The van der Waals surface area contributed by atoms with Crippen LogP contribution in [0.3, 0.4) is 0 Å². The van der Waals surface area contributed by atoms with Gasteiger partial charge in [-0.2, -0.15) is 0 Å². The highest BCUT2D eigenvalue weighted by Gasteiger charge is 2.42. The number of carbonyl (C=O) groups excluding carboxylic acids is 9. The zero-order valence-electron chi connectivity index (χ0n) is 84.8. The highest BCUT2D eigenvalue weighted by atomic mass is 16.6. The van der Waals surface area contributed by atoms with Crippen molar-refractivity contribution < 1.29 is 85.8 Å². The topological polar surface area (TPSA) is 357 Å². The van der Waals surface area contributed by atoms with Crippen molar-refractivity contribution in [3.63, 3.8) is 0 Å². The van der Waals surface area contributed by atoms with Crippen LogP contribution in [0.5, 0.6) is 0 Å². The van der Waals surface area contributed by atoms with Crippen molar-refractivity contribution >= 4 is 53.7 Å². The van der Waals surface area contributed by atoms with Crippen LogP contribution in [-0.2, 0) is 85.8 Å². The molecular weight excluding hydrogens is 1730 g/mol. The van der Waals surface area contributed by atoms with Gasteiger partial charge in [-0.05, 0) is 222 Å². The Bertz CT molecular complexity index is 3440. The fraction of sp³-hybridized carbons (Fsp3) is 0.909. The molecule has 9 atom stereocenters. The first kappa shape index (κ1) is 111. The number of likely N-dealkylation sites (N-methyl/N-ethyl adjacent to an activating group) is 2. The fourth-order valence-corrected chi connectivity index (χ4v) is 19.6. The lowest BCUT2D eigenvalue weighted by Crippen LogP contribution is -2.54. The average Bonchev–Trinajstić information content (AvgIpc) is 1.78. The van der Waals surface area contributed by atoms with Gasteiger partial charge in [-0.25, -0.2) is 0 Å². The van der Waals surface area contributed by atoms with E-state index < -0.39 is 0 Å². The Kier molecular flexibility index (Phi) is 50.1. The van der Waals surface area contributed by atoms with Gasteiger partial charge in [0.05, 0.1) is 66.5 Å². The SMILES string of the molecule is CCN1CC(C(=O)OC2CCNC2)C1.CCN1CC(C(=O)OC2CCNCC2)C1.CCN1CC(C(=O)OC2CNC2)C1.CCN1CC(C(=O)OCC2CNC2)C1.CCN1CCC(C(=O)OC2CCN(C)C2)C1.CCN1CCC(C(=O)OCC2CNC2)C1.CCN1CCCC(C(=O)OC2CCN(C)C2)C1.CCN1CCCC(C(=O)OC2CCNC2)C1.CCN1CCCC(C(=O)OC2CNC2)C1. The fourth-order valence-electron chi connectivity index (χ4n) is 19.6. The normalized spacial score (nSPS) is 28.4. The molecule has 135 heavy (non-hydrogen) atoms. The van der Waals surface area contributed by atoms with Crippen LogP contribution in [-0.4, -0.2) is 472 Å². The van der Waals surface area contributed by atoms with E-state index in [1.54, 1.807) is 0 Å². The van der Waals surface area contributed by atoms with Crippen LogP contribution in [0, 0.1) is 65.1 Å². The number of ether oxygens (including phenoxy) is 9. The number of piperidine rings is 4. The maximum absolute atomic E-state index is 12.1. The standard InChI is InChI=1S/C13H24N2O2.2C12H22N2O2.3C11H20N2O2.2C10H18N2O2.C9H16N2O2/c1-3-15-7-4-5-11(9-15)13(16)17-12-6-8-14(2)10-12;1-3-14-7-4-10(8-14)12(15)16-11-5-6-13(2)9-11;1-2-14-7-3-4-10(9-14)12(15)16-11-5-6-13-8-11;1-2-13-7-9(8-13)11(14)15-10-3-5-12-6-4-10;1-2-13-4-3-10(7-13)11(14)15-8-9-5-12-6-9;1-2-13-5-3-4-9(8-13)11(14)15-10-6-12-7-10;1-2-12-5-9(6-12)10(13)14-7-8-3-11-4-8;1-2-12-6-8(7-12)10(13)14-9-3-4-11-5-9;1-2-11-5-7(6-11)9(12)13-8-3-10-4-8/h11-12H,3-10H2,1-2H3;10-11H,3-9H2,1-2H3;10-11,13H,2-9H2,1H3;3*9-10,12H,2-8H2,1H3;2*8-9,11H,2-7H2,1H3;7-8,10H,2-6H2,1H3. The van der Waals surface area contributed by atoms with Crippen LogP contribution < -0.4 is 37.2 Å². The molecule has 0 aromatic rings. The third-order valence-corrected chi connectivity index (χ3v) is 30.0. The summed E-state index contributed by atoms with van der Waals surface area (Å²) >= 11 is 0. The Morgan fingerprint density at radius 3 is 0.719 bits per heavy atom. The Balaban J connectivity index is 0.000000157. The van der Waals surface area contributed by atoms with Crippen molar-refractivity contribution in [1.29, 1.82) is 0 Å². The molecule has 9 unspecified atom stereocenters. The predicted molar refractivity (Wildman–Crippen MR) is 518 cm³/mol. The van der Waals surface area contributed by atoms with Crippen LogP contribution in [0.25, 0.3) is 0 Å².